The van der Waals surface area contributed by atoms with Gasteiger partial charge in [0.05, 0.1) is 10.4 Å². The van der Waals surface area contributed by atoms with Gasteiger partial charge >= 0.3 is 0 Å². The van der Waals surface area contributed by atoms with Crippen LogP contribution in [0.25, 0.3) is 0 Å². The number of hydrogen-bond donors (Lipinski definition) is 1. The van der Waals surface area contributed by atoms with Crippen LogP contribution in [-0.4, -0.2) is 29.7 Å². The summed E-state index contributed by atoms with van der Waals surface area (Å²) in [7, 11) is 0. The van der Waals surface area contributed by atoms with Gasteiger partial charge in [-0.15, -0.1) is 11.3 Å². The van der Waals surface area contributed by atoms with E-state index in [4.69, 9.17) is 5.11 Å². The molecule has 1 heterocycles. The first-order valence-electron chi connectivity index (χ1n) is 5.35. The van der Waals surface area contributed by atoms with Gasteiger partial charge in [0.25, 0.3) is 0 Å². The standard InChI is InChI=1S/C11H16BrNOS/c12-11-4-3-10(15-11)8-13(5-6-14)7-9-1-2-9/h3-4,9,14H,1-2,5-8H2. The van der Waals surface area contributed by atoms with Crippen LogP contribution in [0.1, 0.15) is 17.7 Å². The molecule has 0 radical (unpaired) electrons. The molecule has 1 saturated carbocycles. The van der Waals surface area contributed by atoms with E-state index >= 15 is 0 Å². The first kappa shape index (κ1) is 11.6. The smallest absolute Gasteiger partial charge is 0.0701 e. The molecule has 4 heteroatoms. The number of nitrogens with zero attached hydrogens (tertiary/aromatic N) is 1. The lowest BCUT2D eigenvalue weighted by Gasteiger charge is -2.20. The van der Waals surface area contributed by atoms with Crippen LogP contribution < -0.4 is 0 Å². The van der Waals surface area contributed by atoms with Gasteiger partial charge in [-0.1, -0.05) is 0 Å². The van der Waals surface area contributed by atoms with Crippen molar-refractivity contribution in [3.05, 3.63) is 20.8 Å². The molecule has 2 nitrogen and oxygen atoms in total. The molecule has 1 aromatic heterocycles. The van der Waals surface area contributed by atoms with E-state index in [-0.39, 0.29) is 6.61 Å². The molecule has 1 aliphatic rings. The van der Waals surface area contributed by atoms with Crippen LogP contribution in [0.15, 0.2) is 15.9 Å². The molecule has 0 atom stereocenters. The Balaban J connectivity index is 1.86. The molecule has 15 heavy (non-hydrogen) atoms. The second-order valence-electron chi connectivity index (χ2n) is 4.11. The van der Waals surface area contributed by atoms with Crippen LogP contribution >= 0.6 is 27.3 Å². The fourth-order valence-electron chi connectivity index (χ4n) is 1.70. The second-order valence-corrected chi connectivity index (χ2v) is 6.66. The van der Waals surface area contributed by atoms with E-state index in [1.54, 1.807) is 11.3 Å². The SMILES string of the molecule is OCCN(Cc1ccc(Br)s1)CC1CC1. The number of thiophene rings is 1. The molecular formula is C11H16BrNOS. The average molecular weight is 290 g/mol. The Morgan fingerprint density at radius 1 is 1.47 bits per heavy atom. The first-order valence-corrected chi connectivity index (χ1v) is 6.96. The maximum atomic E-state index is 9.01. The van der Waals surface area contributed by atoms with E-state index in [1.807, 2.05) is 0 Å². The molecular weight excluding hydrogens is 274 g/mol. The van der Waals surface area contributed by atoms with Crippen LogP contribution in [0.2, 0.25) is 0 Å². The van der Waals surface area contributed by atoms with Gasteiger partial charge in [-0.25, -0.2) is 0 Å². The summed E-state index contributed by atoms with van der Waals surface area (Å²) in [6.45, 7) is 3.19. The monoisotopic (exact) mass is 289 g/mol. The lowest BCUT2D eigenvalue weighted by atomic mass is 10.3. The van der Waals surface area contributed by atoms with Crippen molar-refractivity contribution in [3.8, 4) is 0 Å². The molecule has 0 unspecified atom stereocenters. The van der Waals surface area contributed by atoms with Crippen LogP contribution in [0.5, 0.6) is 0 Å². The van der Waals surface area contributed by atoms with Gasteiger partial charge in [0.15, 0.2) is 0 Å². The largest absolute Gasteiger partial charge is 0.395 e. The predicted octanol–water partition coefficient (Wildman–Crippen LogP) is 2.71. The second kappa shape index (κ2) is 5.43. The Kier molecular flexibility index (Phi) is 4.20. The molecule has 84 valence electrons. The van der Waals surface area contributed by atoms with E-state index in [0.717, 1.165) is 25.6 Å². The van der Waals surface area contributed by atoms with Crippen LogP contribution in [-0.2, 0) is 6.54 Å². The van der Waals surface area contributed by atoms with E-state index in [0.29, 0.717) is 0 Å². The number of rotatable bonds is 6. The average Bonchev–Trinajstić information content (AvgIpc) is 2.90. The van der Waals surface area contributed by atoms with Crippen molar-refractivity contribution >= 4 is 27.3 Å². The Labute approximate surface area is 103 Å². The molecule has 1 fully saturated rings. The van der Waals surface area contributed by atoms with E-state index in [2.05, 4.69) is 33.0 Å². The van der Waals surface area contributed by atoms with Gasteiger partial charge < -0.3 is 5.11 Å². The summed E-state index contributed by atoms with van der Waals surface area (Å²) >= 11 is 5.26. The van der Waals surface area contributed by atoms with Crippen molar-refractivity contribution in [2.75, 3.05) is 19.7 Å². The number of aliphatic hydroxyl groups excluding tert-OH is 1. The zero-order valence-electron chi connectivity index (χ0n) is 8.66. The molecule has 0 aromatic carbocycles. The molecule has 0 saturated heterocycles. The lowest BCUT2D eigenvalue weighted by Crippen LogP contribution is -2.28. The topological polar surface area (TPSA) is 23.5 Å². The van der Waals surface area contributed by atoms with Crippen LogP contribution in [0.4, 0.5) is 0 Å². The van der Waals surface area contributed by atoms with Crippen LogP contribution in [0.3, 0.4) is 0 Å². The van der Waals surface area contributed by atoms with Crippen molar-refractivity contribution in [1.82, 2.24) is 4.90 Å². The van der Waals surface area contributed by atoms with E-state index < -0.39 is 0 Å². The third-order valence-corrected chi connectivity index (χ3v) is 4.25. The van der Waals surface area contributed by atoms with Crippen molar-refractivity contribution in [2.24, 2.45) is 5.92 Å². The minimum absolute atomic E-state index is 0.263. The summed E-state index contributed by atoms with van der Waals surface area (Å²) in [6.07, 6.45) is 2.74. The highest BCUT2D eigenvalue weighted by Gasteiger charge is 2.24. The highest BCUT2D eigenvalue weighted by Crippen LogP contribution is 2.31. The van der Waals surface area contributed by atoms with Gasteiger partial charge in [0, 0.05) is 24.5 Å². The Morgan fingerprint density at radius 3 is 2.80 bits per heavy atom. The predicted molar refractivity (Wildman–Crippen MR) is 67.1 cm³/mol. The number of hydrogen-bond acceptors (Lipinski definition) is 3. The third-order valence-electron chi connectivity index (χ3n) is 2.64. The molecule has 1 aliphatic carbocycles. The molecule has 0 amide bonds. The number of aliphatic hydroxyl groups is 1. The fraction of sp³-hybridized carbons (Fsp3) is 0.636. The summed E-state index contributed by atoms with van der Waals surface area (Å²) in [6, 6.07) is 4.25. The Morgan fingerprint density at radius 2 is 2.27 bits per heavy atom. The van der Waals surface area contributed by atoms with Crippen molar-refractivity contribution in [1.29, 1.82) is 0 Å². The van der Waals surface area contributed by atoms with Gasteiger partial charge in [-0.3, -0.25) is 4.90 Å². The molecule has 1 N–H and O–H groups in total. The zero-order valence-corrected chi connectivity index (χ0v) is 11.1. The van der Waals surface area contributed by atoms with Gasteiger partial charge in [0.2, 0.25) is 0 Å². The zero-order chi connectivity index (χ0) is 10.7. The highest BCUT2D eigenvalue weighted by molar-refractivity contribution is 9.11. The van der Waals surface area contributed by atoms with Crippen molar-refractivity contribution < 1.29 is 5.11 Å². The summed E-state index contributed by atoms with van der Waals surface area (Å²) in [5.41, 5.74) is 0. The Bertz CT molecular complexity index is 311. The minimum atomic E-state index is 0.263. The van der Waals surface area contributed by atoms with Crippen molar-refractivity contribution in [3.63, 3.8) is 0 Å². The number of halogens is 1. The van der Waals surface area contributed by atoms with Gasteiger partial charge in [-0.2, -0.15) is 0 Å². The first-order chi connectivity index (χ1) is 7.28. The lowest BCUT2D eigenvalue weighted by molar-refractivity contribution is 0.186. The van der Waals surface area contributed by atoms with Crippen molar-refractivity contribution in [2.45, 2.75) is 19.4 Å². The summed E-state index contributed by atoms with van der Waals surface area (Å²) in [4.78, 5) is 3.73. The summed E-state index contributed by atoms with van der Waals surface area (Å²) in [5.74, 6) is 0.889. The van der Waals surface area contributed by atoms with Gasteiger partial charge in [-0.05, 0) is 46.8 Å². The molecule has 0 aliphatic heterocycles. The summed E-state index contributed by atoms with van der Waals surface area (Å²) in [5, 5.41) is 9.01. The van der Waals surface area contributed by atoms with E-state index in [1.165, 1.54) is 21.5 Å². The quantitative estimate of drug-likeness (QED) is 0.871. The summed E-state index contributed by atoms with van der Waals surface area (Å²) < 4.78 is 1.19. The maximum absolute atomic E-state index is 9.01. The highest BCUT2D eigenvalue weighted by atomic mass is 79.9. The maximum Gasteiger partial charge on any atom is 0.0701 e. The minimum Gasteiger partial charge on any atom is -0.395 e. The molecule has 0 spiro atoms. The molecule has 2 rings (SSSR count). The van der Waals surface area contributed by atoms with Crippen LogP contribution in [0, 0.1) is 5.92 Å². The normalized spacial score (nSPS) is 16.2. The third kappa shape index (κ3) is 3.87. The fourth-order valence-corrected chi connectivity index (χ4v) is 3.22. The molecule has 0 bridgehead atoms. The van der Waals surface area contributed by atoms with E-state index in [9.17, 15) is 0 Å². The van der Waals surface area contributed by atoms with Gasteiger partial charge in [0.1, 0.15) is 0 Å². The Hall–Kier alpha value is 0.1000. The molecule has 1 aromatic rings.